The first kappa shape index (κ1) is 13.8. The average molecular weight is 333 g/mol. The minimum absolute atomic E-state index is 0.00458. The van der Waals surface area contributed by atoms with Gasteiger partial charge in [-0.15, -0.1) is 0 Å². The van der Waals surface area contributed by atoms with E-state index in [4.69, 9.17) is 16.3 Å². The Morgan fingerprint density at radius 3 is 3.06 bits per heavy atom. The number of benzene rings is 1. The molecule has 0 radical (unpaired) electrons. The zero-order valence-corrected chi connectivity index (χ0v) is 12.4. The molecule has 1 heterocycles. The molecule has 0 unspecified atom stereocenters. The Labute approximate surface area is 120 Å². The van der Waals surface area contributed by atoms with Crippen molar-refractivity contribution in [2.75, 3.05) is 6.61 Å². The second-order valence-corrected chi connectivity index (χ2v) is 5.76. The molecule has 0 saturated carbocycles. The normalized spacial score (nSPS) is 20.7. The Bertz CT molecular complexity index is 447. The van der Waals surface area contributed by atoms with E-state index >= 15 is 0 Å². The maximum atomic E-state index is 12.1. The summed E-state index contributed by atoms with van der Waals surface area (Å²) in [5.74, 6) is -0.163. The summed E-state index contributed by atoms with van der Waals surface area (Å²) in [6.45, 7) is 2.74. The van der Waals surface area contributed by atoms with Crippen LogP contribution >= 0.6 is 27.5 Å². The largest absolute Gasteiger partial charge is 0.376 e. The first-order valence-corrected chi connectivity index (χ1v) is 7.12. The van der Waals surface area contributed by atoms with E-state index in [-0.39, 0.29) is 18.1 Å². The van der Waals surface area contributed by atoms with E-state index < -0.39 is 0 Å². The number of carbonyl (C=O) groups excluding carboxylic acids is 1. The number of ether oxygens (including phenoxy) is 1. The number of rotatable bonds is 3. The van der Waals surface area contributed by atoms with Crippen LogP contribution in [0.25, 0.3) is 0 Å². The van der Waals surface area contributed by atoms with Crippen LogP contribution in [0.2, 0.25) is 5.02 Å². The molecule has 1 aromatic rings. The molecule has 18 heavy (non-hydrogen) atoms. The van der Waals surface area contributed by atoms with Gasteiger partial charge in [0.15, 0.2) is 0 Å². The van der Waals surface area contributed by atoms with Gasteiger partial charge in [0, 0.05) is 11.1 Å². The van der Waals surface area contributed by atoms with Crippen LogP contribution in [0.3, 0.4) is 0 Å². The second kappa shape index (κ2) is 6.04. The van der Waals surface area contributed by atoms with Crippen molar-refractivity contribution in [1.82, 2.24) is 5.32 Å². The molecule has 0 aliphatic carbocycles. The number of halogens is 2. The first-order valence-electron chi connectivity index (χ1n) is 5.95. The van der Waals surface area contributed by atoms with Crippen LogP contribution < -0.4 is 5.32 Å². The van der Waals surface area contributed by atoms with E-state index in [0.717, 1.165) is 23.9 Å². The molecule has 98 valence electrons. The fourth-order valence-electron chi connectivity index (χ4n) is 2.05. The molecule has 0 bridgehead atoms. The molecule has 5 heteroatoms. The van der Waals surface area contributed by atoms with Crippen molar-refractivity contribution in [3.05, 3.63) is 33.3 Å². The minimum Gasteiger partial charge on any atom is -0.376 e. The minimum atomic E-state index is -0.163. The van der Waals surface area contributed by atoms with Gasteiger partial charge < -0.3 is 10.1 Å². The predicted octanol–water partition coefficient (Wildman–Crippen LogP) is 3.40. The third-order valence-corrected chi connectivity index (χ3v) is 3.88. The Morgan fingerprint density at radius 2 is 2.39 bits per heavy atom. The van der Waals surface area contributed by atoms with E-state index in [0.29, 0.717) is 10.6 Å². The summed E-state index contributed by atoms with van der Waals surface area (Å²) in [4.78, 5) is 12.1. The quantitative estimate of drug-likeness (QED) is 0.921. The van der Waals surface area contributed by atoms with Crippen molar-refractivity contribution >= 4 is 33.4 Å². The van der Waals surface area contributed by atoms with Gasteiger partial charge in [-0.05, 0) is 38.0 Å². The molecule has 1 fully saturated rings. The van der Waals surface area contributed by atoms with Crippen LogP contribution in [0, 0.1) is 0 Å². The highest BCUT2D eigenvalue weighted by Crippen LogP contribution is 2.22. The van der Waals surface area contributed by atoms with Crippen LogP contribution in [-0.4, -0.2) is 24.7 Å². The lowest BCUT2D eigenvalue weighted by Gasteiger charge is -2.20. The number of hydrogen-bond acceptors (Lipinski definition) is 2. The molecular weight excluding hydrogens is 318 g/mol. The molecule has 1 amide bonds. The van der Waals surface area contributed by atoms with E-state index in [1.807, 2.05) is 13.0 Å². The molecule has 1 saturated heterocycles. The van der Waals surface area contributed by atoms with Crippen molar-refractivity contribution in [2.24, 2.45) is 0 Å². The van der Waals surface area contributed by atoms with Crippen LogP contribution in [0.5, 0.6) is 0 Å². The Kier molecular flexibility index (Phi) is 4.65. The molecule has 3 nitrogen and oxygen atoms in total. The maximum Gasteiger partial charge on any atom is 0.253 e. The summed E-state index contributed by atoms with van der Waals surface area (Å²) < 4.78 is 6.38. The second-order valence-electron chi connectivity index (χ2n) is 4.44. The average Bonchev–Trinajstić information content (AvgIpc) is 2.85. The van der Waals surface area contributed by atoms with Gasteiger partial charge in [-0.3, -0.25) is 4.79 Å². The van der Waals surface area contributed by atoms with Gasteiger partial charge in [-0.2, -0.15) is 0 Å². The summed E-state index contributed by atoms with van der Waals surface area (Å²) in [5, 5.41) is 3.39. The molecule has 0 spiro atoms. The number of carbonyl (C=O) groups is 1. The highest BCUT2D eigenvalue weighted by atomic mass is 79.9. The highest BCUT2D eigenvalue weighted by Gasteiger charge is 2.24. The van der Waals surface area contributed by atoms with Crippen LogP contribution in [0.1, 0.15) is 30.1 Å². The van der Waals surface area contributed by atoms with Crippen molar-refractivity contribution in [3.8, 4) is 0 Å². The van der Waals surface area contributed by atoms with E-state index in [1.54, 1.807) is 12.1 Å². The number of hydrogen-bond donors (Lipinski definition) is 1. The van der Waals surface area contributed by atoms with Crippen molar-refractivity contribution in [2.45, 2.75) is 31.9 Å². The fraction of sp³-hybridized carbons (Fsp3) is 0.462. The maximum absolute atomic E-state index is 12.1. The molecule has 0 aromatic heterocycles. The van der Waals surface area contributed by atoms with E-state index in [2.05, 4.69) is 21.2 Å². The van der Waals surface area contributed by atoms with Gasteiger partial charge in [-0.1, -0.05) is 27.5 Å². The van der Waals surface area contributed by atoms with Crippen LogP contribution in [0.4, 0.5) is 0 Å². The fourth-order valence-corrected chi connectivity index (χ4v) is 2.61. The molecule has 2 atom stereocenters. The number of nitrogens with one attached hydrogen (secondary N) is 1. The van der Waals surface area contributed by atoms with E-state index in [9.17, 15) is 4.79 Å². The lowest BCUT2D eigenvalue weighted by Crippen LogP contribution is -2.40. The topological polar surface area (TPSA) is 38.3 Å². The summed E-state index contributed by atoms with van der Waals surface area (Å²) in [5.41, 5.74) is 0.482. The van der Waals surface area contributed by atoms with Gasteiger partial charge in [-0.25, -0.2) is 0 Å². The molecule has 1 N–H and O–H groups in total. The molecule has 1 aliphatic rings. The zero-order chi connectivity index (χ0) is 13.1. The zero-order valence-electron chi connectivity index (χ0n) is 10.1. The summed E-state index contributed by atoms with van der Waals surface area (Å²) in [6.07, 6.45) is 2.16. The number of amides is 1. The Morgan fingerprint density at radius 1 is 1.61 bits per heavy atom. The van der Waals surface area contributed by atoms with Crippen molar-refractivity contribution in [3.63, 3.8) is 0 Å². The molecule has 2 rings (SSSR count). The smallest absolute Gasteiger partial charge is 0.253 e. The van der Waals surface area contributed by atoms with Gasteiger partial charge in [0.1, 0.15) is 0 Å². The lowest BCUT2D eigenvalue weighted by atomic mass is 10.1. The first-order chi connectivity index (χ1) is 8.58. The van der Waals surface area contributed by atoms with Gasteiger partial charge in [0.05, 0.1) is 22.7 Å². The van der Waals surface area contributed by atoms with E-state index in [1.165, 1.54) is 0 Å². The third-order valence-electron chi connectivity index (χ3n) is 3.05. The SMILES string of the molecule is C[C@H](NC(=O)c1cc(Br)ccc1Cl)[C@@H]1CCCO1. The van der Waals surface area contributed by atoms with Crippen LogP contribution in [0.15, 0.2) is 22.7 Å². The third kappa shape index (κ3) is 3.25. The highest BCUT2D eigenvalue weighted by molar-refractivity contribution is 9.10. The Hall–Kier alpha value is -0.580. The standard InChI is InChI=1S/C13H15BrClNO2/c1-8(12-3-2-6-18-12)16-13(17)10-7-9(14)4-5-11(10)15/h4-5,7-8,12H,2-3,6H2,1H3,(H,16,17)/t8-,12-/m0/s1. The summed E-state index contributed by atoms with van der Waals surface area (Å²) >= 11 is 9.36. The molecule has 1 aliphatic heterocycles. The molecule has 1 aromatic carbocycles. The summed E-state index contributed by atoms with van der Waals surface area (Å²) in [6, 6.07) is 5.23. The van der Waals surface area contributed by atoms with Gasteiger partial charge in [0.25, 0.3) is 5.91 Å². The monoisotopic (exact) mass is 331 g/mol. The van der Waals surface area contributed by atoms with Crippen molar-refractivity contribution in [1.29, 1.82) is 0 Å². The Balaban J connectivity index is 2.04. The molecular formula is C13H15BrClNO2. The predicted molar refractivity (Wildman–Crippen MR) is 75.1 cm³/mol. The van der Waals surface area contributed by atoms with Crippen molar-refractivity contribution < 1.29 is 9.53 Å². The summed E-state index contributed by atoms with van der Waals surface area (Å²) in [7, 11) is 0. The lowest BCUT2D eigenvalue weighted by molar-refractivity contribution is 0.0712. The van der Waals surface area contributed by atoms with Gasteiger partial charge >= 0.3 is 0 Å². The van der Waals surface area contributed by atoms with Crippen LogP contribution in [-0.2, 0) is 4.74 Å². The van der Waals surface area contributed by atoms with Gasteiger partial charge in [0.2, 0.25) is 0 Å².